The van der Waals surface area contributed by atoms with Crippen molar-refractivity contribution in [2.24, 2.45) is 0 Å². The van der Waals surface area contributed by atoms with Crippen molar-refractivity contribution in [1.82, 2.24) is 5.32 Å². The molecule has 0 heterocycles. The molecule has 0 spiro atoms. The minimum absolute atomic E-state index is 0.115. The van der Waals surface area contributed by atoms with Gasteiger partial charge < -0.3 is 5.32 Å². The van der Waals surface area contributed by atoms with E-state index in [9.17, 15) is 4.21 Å². The predicted molar refractivity (Wildman–Crippen MR) is 87.9 cm³/mol. The second-order valence-electron chi connectivity index (χ2n) is 5.59. The molecule has 0 aliphatic heterocycles. The van der Waals surface area contributed by atoms with Crippen LogP contribution in [0.2, 0.25) is 0 Å². The fourth-order valence-corrected chi connectivity index (χ4v) is 4.82. The van der Waals surface area contributed by atoms with E-state index in [2.05, 4.69) is 36.5 Å². The van der Waals surface area contributed by atoms with Crippen LogP contribution in [0.4, 0.5) is 0 Å². The summed E-state index contributed by atoms with van der Waals surface area (Å²) in [6.07, 6.45) is 0.883. The standard InChI is InChI=1S/C18H21NOS/c1-3-19-18-16-10-5-4-8-14(16)12-17(18)21(20)15-9-6-7-13(2)11-15/h4-11,17-19H,3,12H2,1-2H3. The molecule has 3 unspecified atom stereocenters. The highest BCUT2D eigenvalue weighted by molar-refractivity contribution is 7.85. The van der Waals surface area contributed by atoms with Crippen molar-refractivity contribution in [1.29, 1.82) is 0 Å². The molecule has 0 bridgehead atoms. The molecule has 3 heteroatoms. The van der Waals surface area contributed by atoms with Gasteiger partial charge in [-0.25, -0.2) is 0 Å². The van der Waals surface area contributed by atoms with Crippen molar-refractivity contribution in [2.45, 2.75) is 36.5 Å². The van der Waals surface area contributed by atoms with Gasteiger partial charge in [-0.2, -0.15) is 0 Å². The van der Waals surface area contributed by atoms with Crippen LogP contribution in [0.3, 0.4) is 0 Å². The molecule has 1 aliphatic carbocycles. The largest absolute Gasteiger partial charge is 0.309 e. The van der Waals surface area contributed by atoms with E-state index in [0.29, 0.717) is 0 Å². The normalized spacial score (nSPS) is 22.0. The quantitative estimate of drug-likeness (QED) is 0.938. The Bertz CT molecular complexity index is 668. The fraction of sp³-hybridized carbons (Fsp3) is 0.333. The first-order valence-corrected chi connectivity index (χ1v) is 8.70. The van der Waals surface area contributed by atoms with Crippen LogP contribution < -0.4 is 5.32 Å². The van der Waals surface area contributed by atoms with Gasteiger partial charge in [0.2, 0.25) is 0 Å². The first-order chi connectivity index (χ1) is 10.2. The van der Waals surface area contributed by atoms with Crippen molar-refractivity contribution in [3.8, 4) is 0 Å². The summed E-state index contributed by atoms with van der Waals surface area (Å²) in [5.41, 5.74) is 3.80. The van der Waals surface area contributed by atoms with E-state index in [1.54, 1.807) is 0 Å². The minimum Gasteiger partial charge on any atom is -0.309 e. The molecule has 21 heavy (non-hydrogen) atoms. The van der Waals surface area contributed by atoms with Gasteiger partial charge in [0.25, 0.3) is 0 Å². The maximum absolute atomic E-state index is 13.0. The van der Waals surface area contributed by atoms with Gasteiger partial charge in [-0.3, -0.25) is 4.21 Å². The Hall–Kier alpha value is -1.45. The summed E-state index contributed by atoms with van der Waals surface area (Å²) >= 11 is 0. The maximum Gasteiger partial charge on any atom is 0.0630 e. The van der Waals surface area contributed by atoms with Crippen molar-refractivity contribution in [3.63, 3.8) is 0 Å². The summed E-state index contributed by atoms with van der Waals surface area (Å²) in [6.45, 7) is 5.04. The predicted octanol–water partition coefficient (Wildman–Crippen LogP) is 3.38. The second-order valence-corrected chi connectivity index (χ2v) is 7.26. The van der Waals surface area contributed by atoms with Gasteiger partial charge in [-0.15, -0.1) is 0 Å². The lowest BCUT2D eigenvalue weighted by Crippen LogP contribution is -2.31. The van der Waals surface area contributed by atoms with E-state index < -0.39 is 10.8 Å². The molecular formula is C18H21NOS. The molecule has 0 aromatic heterocycles. The van der Waals surface area contributed by atoms with Crippen molar-refractivity contribution < 1.29 is 4.21 Å². The third-order valence-corrected chi connectivity index (χ3v) is 5.81. The summed E-state index contributed by atoms with van der Waals surface area (Å²) in [5.74, 6) is 0. The fourth-order valence-electron chi connectivity index (χ4n) is 3.13. The number of rotatable bonds is 4. The van der Waals surface area contributed by atoms with Gasteiger partial charge in [-0.1, -0.05) is 43.3 Å². The Morgan fingerprint density at radius 2 is 2.00 bits per heavy atom. The highest BCUT2D eigenvalue weighted by atomic mass is 32.2. The Morgan fingerprint density at radius 3 is 2.76 bits per heavy atom. The number of benzene rings is 2. The van der Waals surface area contributed by atoms with Gasteiger partial charge in [0.15, 0.2) is 0 Å². The third kappa shape index (κ3) is 2.81. The van der Waals surface area contributed by atoms with Crippen LogP contribution in [-0.2, 0) is 17.2 Å². The molecular weight excluding hydrogens is 278 g/mol. The van der Waals surface area contributed by atoms with Crippen molar-refractivity contribution in [2.75, 3.05) is 6.54 Å². The average molecular weight is 299 g/mol. The molecule has 0 fully saturated rings. The van der Waals surface area contributed by atoms with Gasteiger partial charge >= 0.3 is 0 Å². The first kappa shape index (κ1) is 14.5. The Kier molecular flexibility index (Phi) is 4.22. The Morgan fingerprint density at radius 1 is 1.19 bits per heavy atom. The minimum atomic E-state index is -0.989. The summed E-state index contributed by atoms with van der Waals surface area (Å²) in [4.78, 5) is 0.940. The second kappa shape index (κ2) is 6.12. The molecule has 0 saturated carbocycles. The topological polar surface area (TPSA) is 29.1 Å². The van der Waals surface area contributed by atoms with Crippen molar-refractivity contribution >= 4 is 10.8 Å². The zero-order valence-corrected chi connectivity index (χ0v) is 13.3. The third-order valence-electron chi connectivity index (χ3n) is 4.10. The smallest absolute Gasteiger partial charge is 0.0630 e. The molecule has 3 rings (SSSR count). The van der Waals surface area contributed by atoms with E-state index in [-0.39, 0.29) is 11.3 Å². The number of fused-ring (bicyclic) bond motifs is 1. The zero-order valence-electron chi connectivity index (χ0n) is 12.5. The summed E-state index contributed by atoms with van der Waals surface area (Å²) in [6, 6.07) is 16.7. The molecule has 0 amide bonds. The summed E-state index contributed by atoms with van der Waals surface area (Å²) in [5, 5.41) is 3.64. The molecule has 1 N–H and O–H groups in total. The highest BCUT2D eigenvalue weighted by Gasteiger charge is 2.36. The van der Waals surface area contributed by atoms with Crippen LogP contribution in [0, 0.1) is 6.92 Å². The molecule has 2 aromatic carbocycles. The molecule has 0 saturated heterocycles. The molecule has 2 nitrogen and oxygen atoms in total. The first-order valence-electron chi connectivity index (χ1n) is 7.49. The Balaban J connectivity index is 1.93. The van der Waals surface area contributed by atoms with Crippen LogP contribution >= 0.6 is 0 Å². The highest BCUT2D eigenvalue weighted by Crippen LogP contribution is 2.36. The number of aryl methyl sites for hydroxylation is 1. The number of hydrogen-bond acceptors (Lipinski definition) is 2. The SMILES string of the molecule is CCNC1c2ccccc2CC1S(=O)c1cccc(C)c1. The van der Waals surface area contributed by atoms with Gasteiger partial charge in [0.1, 0.15) is 0 Å². The van der Waals surface area contributed by atoms with Crippen LogP contribution in [0.5, 0.6) is 0 Å². The lowest BCUT2D eigenvalue weighted by molar-refractivity contribution is 0.546. The van der Waals surface area contributed by atoms with Crippen LogP contribution in [-0.4, -0.2) is 16.0 Å². The maximum atomic E-state index is 13.0. The van der Waals surface area contributed by atoms with Crippen LogP contribution in [0.25, 0.3) is 0 Å². The average Bonchev–Trinajstić information content (AvgIpc) is 2.86. The monoisotopic (exact) mass is 299 g/mol. The van der Waals surface area contributed by atoms with Crippen molar-refractivity contribution in [3.05, 3.63) is 65.2 Å². The summed E-state index contributed by atoms with van der Waals surface area (Å²) < 4.78 is 13.0. The molecule has 110 valence electrons. The van der Waals surface area contributed by atoms with E-state index in [4.69, 9.17) is 0 Å². The Labute approximate surface area is 129 Å². The van der Waals surface area contributed by atoms with E-state index >= 15 is 0 Å². The van der Waals surface area contributed by atoms with E-state index in [1.807, 2.05) is 31.2 Å². The van der Waals surface area contributed by atoms with E-state index in [0.717, 1.165) is 23.4 Å². The lowest BCUT2D eigenvalue weighted by Gasteiger charge is -2.21. The molecule has 3 atom stereocenters. The molecule has 1 aliphatic rings. The van der Waals surface area contributed by atoms with E-state index in [1.165, 1.54) is 11.1 Å². The molecule has 2 aromatic rings. The van der Waals surface area contributed by atoms with Gasteiger partial charge in [0.05, 0.1) is 16.0 Å². The summed E-state index contributed by atoms with van der Waals surface area (Å²) in [7, 11) is -0.989. The van der Waals surface area contributed by atoms with Gasteiger partial charge in [0, 0.05) is 10.9 Å². The zero-order chi connectivity index (χ0) is 14.8. The number of nitrogens with one attached hydrogen (secondary N) is 1. The molecule has 0 radical (unpaired) electrons. The van der Waals surface area contributed by atoms with Gasteiger partial charge in [-0.05, 0) is 48.7 Å². The number of hydrogen-bond donors (Lipinski definition) is 1. The van der Waals surface area contributed by atoms with Crippen LogP contribution in [0.15, 0.2) is 53.4 Å². The lowest BCUT2D eigenvalue weighted by atomic mass is 10.1. The van der Waals surface area contributed by atoms with Crippen LogP contribution in [0.1, 0.15) is 29.7 Å².